The van der Waals surface area contributed by atoms with Gasteiger partial charge < -0.3 is 14.6 Å². The van der Waals surface area contributed by atoms with Crippen LogP contribution in [0.1, 0.15) is 31.9 Å². The van der Waals surface area contributed by atoms with E-state index in [9.17, 15) is 18.3 Å². The Hall–Kier alpha value is -1.47. The Morgan fingerprint density at radius 1 is 1.33 bits per heavy atom. The van der Waals surface area contributed by atoms with Crippen molar-refractivity contribution in [3.63, 3.8) is 0 Å². The summed E-state index contributed by atoms with van der Waals surface area (Å²) in [5.74, 6) is 0.845. The Morgan fingerprint density at radius 3 is 2.71 bits per heavy atom. The number of aliphatic hydroxyl groups is 1. The summed E-state index contributed by atoms with van der Waals surface area (Å²) in [6.45, 7) is 2.88. The molecule has 1 heterocycles. The average molecular weight is 306 g/mol. The van der Waals surface area contributed by atoms with Crippen molar-refractivity contribution < 1.29 is 32.5 Å². The van der Waals surface area contributed by atoms with Gasteiger partial charge in [-0.05, 0) is 26.0 Å². The first-order valence-electron chi connectivity index (χ1n) is 6.51. The molecule has 7 heteroatoms. The lowest BCUT2D eigenvalue weighted by molar-refractivity contribution is -0.325. The molecule has 1 aromatic carbocycles. The van der Waals surface area contributed by atoms with E-state index in [1.807, 2.05) is 13.8 Å². The maximum Gasteiger partial charge on any atom is 0.522 e. The van der Waals surface area contributed by atoms with E-state index in [1.54, 1.807) is 18.2 Å². The SMILES string of the molecule is CC1(C)CC(O)c2ccc(OCCOC(F)(F)F)cc2O1. The van der Waals surface area contributed by atoms with Crippen molar-refractivity contribution >= 4 is 0 Å². The number of hydrogen-bond donors (Lipinski definition) is 1. The lowest BCUT2D eigenvalue weighted by Crippen LogP contribution is -2.34. The monoisotopic (exact) mass is 306 g/mol. The fraction of sp³-hybridized carbons (Fsp3) is 0.571. The second-order valence-corrected chi connectivity index (χ2v) is 5.42. The van der Waals surface area contributed by atoms with Crippen LogP contribution in [0, 0.1) is 0 Å². The Kier molecular flexibility index (Phi) is 4.34. The third kappa shape index (κ3) is 4.50. The van der Waals surface area contributed by atoms with E-state index in [-0.39, 0.29) is 6.61 Å². The number of halogens is 3. The summed E-state index contributed by atoms with van der Waals surface area (Å²) >= 11 is 0. The first kappa shape index (κ1) is 15.9. The zero-order valence-electron chi connectivity index (χ0n) is 11.7. The first-order valence-corrected chi connectivity index (χ1v) is 6.51. The topological polar surface area (TPSA) is 47.9 Å². The minimum absolute atomic E-state index is 0.232. The zero-order chi connectivity index (χ0) is 15.7. The molecule has 21 heavy (non-hydrogen) atoms. The van der Waals surface area contributed by atoms with Gasteiger partial charge in [-0.2, -0.15) is 0 Å². The van der Waals surface area contributed by atoms with Crippen LogP contribution in [0.15, 0.2) is 18.2 Å². The van der Waals surface area contributed by atoms with E-state index in [2.05, 4.69) is 4.74 Å². The molecular formula is C14H17F3O4. The lowest BCUT2D eigenvalue weighted by atomic mass is 9.92. The molecule has 0 saturated carbocycles. The first-order chi connectivity index (χ1) is 9.66. The normalized spacial score (nSPS) is 20.6. The third-order valence-electron chi connectivity index (χ3n) is 3.03. The molecular weight excluding hydrogens is 289 g/mol. The Morgan fingerprint density at radius 2 is 2.05 bits per heavy atom. The molecule has 0 spiro atoms. The van der Waals surface area contributed by atoms with E-state index in [0.29, 0.717) is 23.5 Å². The van der Waals surface area contributed by atoms with Gasteiger partial charge in [0.05, 0.1) is 12.7 Å². The van der Waals surface area contributed by atoms with Crippen LogP contribution in [0.5, 0.6) is 11.5 Å². The van der Waals surface area contributed by atoms with Crippen LogP contribution in [-0.4, -0.2) is 30.3 Å². The van der Waals surface area contributed by atoms with Crippen LogP contribution in [0.4, 0.5) is 13.2 Å². The van der Waals surface area contributed by atoms with Gasteiger partial charge >= 0.3 is 6.36 Å². The summed E-state index contributed by atoms with van der Waals surface area (Å²) in [5, 5.41) is 10.0. The second-order valence-electron chi connectivity index (χ2n) is 5.42. The van der Waals surface area contributed by atoms with E-state index >= 15 is 0 Å². The number of aliphatic hydroxyl groups excluding tert-OH is 1. The number of alkyl halides is 3. The second kappa shape index (κ2) is 5.73. The molecule has 1 unspecified atom stereocenters. The van der Waals surface area contributed by atoms with Crippen molar-refractivity contribution in [2.45, 2.75) is 38.3 Å². The number of hydrogen-bond acceptors (Lipinski definition) is 4. The molecule has 118 valence electrons. The van der Waals surface area contributed by atoms with Crippen LogP contribution in [0.25, 0.3) is 0 Å². The van der Waals surface area contributed by atoms with E-state index in [1.165, 1.54) is 0 Å². The minimum Gasteiger partial charge on any atom is -0.491 e. The van der Waals surface area contributed by atoms with Crippen molar-refractivity contribution in [1.82, 2.24) is 0 Å². The molecule has 1 aliphatic rings. The van der Waals surface area contributed by atoms with Gasteiger partial charge in [0.25, 0.3) is 0 Å². The summed E-state index contributed by atoms with van der Waals surface area (Å²) in [6.07, 6.45) is -4.82. The van der Waals surface area contributed by atoms with Crippen LogP contribution in [0.2, 0.25) is 0 Å². The predicted octanol–water partition coefficient (Wildman–Crippen LogP) is 3.20. The lowest BCUT2D eigenvalue weighted by Gasteiger charge is -2.35. The molecule has 0 aromatic heterocycles. The van der Waals surface area contributed by atoms with Crippen molar-refractivity contribution in [2.75, 3.05) is 13.2 Å². The molecule has 0 fully saturated rings. The fourth-order valence-corrected chi connectivity index (χ4v) is 2.20. The Bertz CT molecular complexity index is 499. The average Bonchev–Trinajstić information content (AvgIpc) is 2.31. The predicted molar refractivity (Wildman–Crippen MR) is 68.2 cm³/mol. The van der Waals surface area contributed by atoms with Gasteiger partial charge in [-0.25, -0.2) is 0 Å². The highest BCUT2D eigenvalue weighted by Gasteiger charge is 2.33. The van der Waals surface area contributed by atoms with Gasteiger partial charge in [-0.15, -0.1) is 13.2 Å². The van der Waals surface area contributed by atoms with Gasteiger partial charge in [-0.1, -0.05) is 0 Å². The molecule has 1 N–H and O–H groups in total. The van der Waals surface area contributed by atoms with E-state index in [4.69, 9.17) is 9.47 Å². The van der Waals surface area contributed by atoms with Gasteiger partial charge in [0.1, 0.15) is 23.7 Å². The van der Waals surface area contributed by atoms with Crippen molar-refractivity contribution in [1.29, 1.82) is 0 Å². The largest absolute Gasteiger partial charge is 0.522 e. The van der Waals surface area contributed by atoms with Crippen LogP contribution in [-0.2, 0) is 4.74 Å². The molecule has 1 atom stereocenters. The van der Waals surface area contributed by atoms with E-state index in [0.717, 1.165) is 0 Å². The number of fused-ring (bicyclic) bond motifs is 1. The molecule has 1 aliphatic heterocycles. The van der Waals surface area contributed by atoms with Crippen molar-refractivity contribution in [3.8, 4) is 11.5 Å². The molecule has 4 nitrogen and oxygen atoms in total. The highest BCUT2D eigenvalue weighted by Crippen LogP contribution is 2.41. The van der Waals surface area contributed by atoms with Gasteiger partial charge in [0.15, 0.2) is 0 Å². The maximum absolute atomic E-state index is 11.8. The maximum atomic E-state index is 11.8. The highest BCUT2D eigenvalue weighted by molar-refractivity contribution is 5.43. The molecule has 2 rings (SSSR count). The molecule has 0 bridgehead atoms. The van der Waals surface area contributed by atoms with Gasteiger partial charge in [0, 0.05) is 18.1 Å². The third-order valence-corrected chi connectivity index (χ3v) is 3.03. The molecule has 0 saturated heterocycles. The summed E-state index contributed by atoms with van der Waals surface area (Å²) < 4.78 is 50.0. The van der Waals surface area contributed by atoms with Crippen LogP contribution >= 0.6 is 0 Å². The quantitative estimate of drug-likeness (QED) is 0.868. The van der Waals surface area contributed by atoms with Gasteiger partial charge in [0.2, 0.25) is 0 Å². The summed E-state index contributed by atoms with van der Waals surface area (Å²) in [4.78, 5) is 0. The smallest absolute Gasteiger partial charge is 0.491 e. The molecule has 0 aliphatic carbocycles. The standard InChI is InChI=1S/C14H17F3O4/c1-13(2)8-11(18)10-4-3-9(7-12(10)21-13)19-5-6-20-14(15,16)17/h3-4,7,11,18H,5-6,8H2,1-2H3. The highest BCUT2D eigenvalue weighted by atomic mass is 19.4. The minimum atomic E-state index is -4.66. The summed E-state index contributed by atoms with van der Waals surface area (Å²) in [6, 6.07) is 4.79. The molecule has 1 aromatic rings. The van der Waals surface area contributed by atoms with Crippen molar-refractivity contribution in [2.24, 2.45) is 0 Å². The zero-order valence-corrected chi connectivity index (χ0v) is 11.7. The van der Waals surface area contributed by atoms with Gasteiger partial charge in [-0.3, -0.25) is 4.74 Å². The van der Waals surface area contributed by atoms with Crippen LogP contribution in [0.3, 0.4) is 0 Å². The number of ether oxygens (including phenoxy) is 3. The summed E-state index contributed by atoms with van der Waals surface area (Å²) in [5.41, 5.74) is 0.137. The number of rotatable bonds is 4. The van der Waals surface area contributed by atoms with Crippen molar-refractivity contribution in [3.05, 3.63) is 23.8 Å². The summed E-state index contributed by atoms with van der Waals surface area (Å²) in [7, 11) is 0. The Balaban J connectivity index is 1.98. The van der Waals surface area contributed by atoms with Crippen LogP contribution < -0.4 is 9.47 Å². The molecule has 0 radical (unpaired) electrons. The Labute approximate surface area is 120 Å². The number of benzene rings is 1. The molecule has 0 amide bonds. The fourth-order valence-electron chi connectivity index (χ4n) is 2.20. The van der Waals surface area contributed by atoms with E-state index < -0.39 is 24.7 Å².